The van der Waals surface area contributed by atoms with Crippen LogP contribution in [0.3, 0.4) is 0 Å². The van der Waals surface area contributed by atoms with Crippen LogP contribution in [0.25, 0.3) is 0 Å². The molecule has 1 aliphatic rings. The summed E-state index contributed by atoms with van der Waals surface area (Å²) in [7, 11) is 1.44. The minimum atomic E-state index is -0.749. The summed E-state index contributed by atoms with van der Waals surface area (Å²) in [6, 6.07) is 4.23. The molecule has 162 valence electrons. The molecule has 0 spiro atoms. The Kier molecular flexibility index (Phi) is 7.55. The van der Waals surface area contributed by atoms with Crippen molar-refractivity contribution in [2.45, 2.75) is 32.2 Å². The molecule has 2 rings (SSSR count). The molecular weight excluding hydrogens is 400 g/mol. The Morgan fingerprint density at radius 1 is 1.27 bits per heavy atom. The molecule has 30 heavy (non-hydrogen) atoms. The van der Waals surface area contributed by atoms with Crippen LogP contribution in [0.4, 0.5) is 5.69 Å². The van der Waals surface area contributed by atoms with Crippen LogP contribution in [0.15, 0.2) is 24.3 Å². The number of carbonyl (C=O) groups excluding carboxylic acids is 4. The van der Waals surface area contributed by atoms with E-state index in [4.69, 9.17) is 10.0 Å². The van der Waals surface area contributed by atoms with Crippen molar-refractivity contribution in [3.05, 3.63) is 39.9 Å². The van der Waals surface area contributed by atoms with E-state index >= 15 is 0 Å². The minimum Gasteiger partial charge on any atom is -0.336 e. The third-order valence-corrected chi connectivity index (χ3v) is 4.78. The number of hydrogen-bond acceptors (Lipinski definition) is 8. The topological polar surface area (TPSA) is 159 Å². The number of carbonyl (C=O) groups is 4. The van der Waals surface area contributed by atoms with Gasteiger partial charge in [0.15, 0.2) is 0 Å². The van der Waals surface area contributed by atoms with Gasteiger partial charge in [-0.3, -0.25) is 39.3 Å². The highest BCUT2D eigenvalue weighted by Gasteiger charge is 2.33. The molecule has 0 bridgehead atoms. The molecule has 0 aliphatic carbocycles. The summed E-state index contributed by atoms with van der Waals surface area (Å²) in [4.78, 5) is 64.7. The predicted molar refractivity (Wildman–Crippen MR) is 99.7 cm³/mol. The molecule has 1 aromatic carbocycles. The van der Waals surface area contributed by atoms with Gasteiger partial charge < -0.3 is 4.90 Å². The second-order valence-electron chi connectivity index (χ2n) is 6.86. The second-order valence-corrected chi connectivity index (χ2v) is 6.86. The van der Waals surface area contributed by atoms with Crippen molar-refractivity contribution in [3.8, 4) is 0 Å². The molecule has 2 atom stereocenters. The van der Waals surface area contributed by atoms with Crippen LogP contribution in [-0.4, -0.2) is 63.4 Å². The maximum atomic E-state index is 12.8. The number of non-ortho nitro benzene ring substituents is 1. The lowest BCUT2D eigenvalue weighted by molar-refractivity contribution is -0.384. The zero-order valence-corrected chi connectivity index (χ0v) is 16.4. The van der Waals surface area contributed by atoms with Crippen molar-refractivity contribution in [2.24, 2.45) is 5.92 Å². The van der Waals surface area contributed by atoms with Crippen molar-refractivity contribution < 1.29 is 34.1 Å². The predicted octanol–water partition coefficient (Wildman–Crippen LogP) is 0.648. The molecule has 12 heteroatoms. The zero-order valence-electron chi connectivity index (χ0n) is 16.4. The Balaban J connectivity index is 2.17. The van der Waals surface area contributed by atoms with Crippen molar-refractivity contribution >= 4 is 29.3 Å². The molecule has 1 aliphatic heterocycles. The van der Waals surface area contributed by atoms with E-state index in [1.54, 1.807) is 0 Å². The van der Waals surface area contributed by atoms with E-state index in [1.807, 2.05) is 0 Å². The number of hydrogen-bond donors (Lipinski definition) is 2. The maximum Gasteiger partial charge on any atom is 0.269 e. The van der Waals surface area contributed by atoms with Gasteiger partial charge in [-0.2, -0.15) is 5.06 Å². The maximum absolute atomic E-state index is 12.8. The Morgan fingerprint density at radius 3 is 2.33 bits per heavy atom. The van der Waals surface area contributed by atoms with Crippen LogP contribution in [-0.2, 0) is 19.2 Å². The number of rotatable bonds is 9. The number of imide groups is 1. The van der Waals surface area contributed by atoms with E-state index in [0.717, 1.165) is 0 Å². The molecule has 2 unspecified atom stereocenters. The average Bonchev–Trinajstić information content (AvgIpc) is 3.06. The van der Waals surface area contributed by atoms with Gasteiger partial charge in [-0.15, -0.1) is 0 Å². The van der Waals surface area contributed by atoms with Crippen LogP contribution in [0.2, 0.25) is 0 Å². The molecule has 1 heterocycles. The monoisotopic (exact) mass is 422 g/mol. The number of nitrogens with one attached hydrogen (secondary N) is 1. The van der Waals surface area contributed by atoms with Crippen molar-refractivity contribution in [1.29, 1.82) is 0 Å². The van der Waals surface area contributed by atoms with Gasteiger partial charge in [0.2, 0.25) is 5.91 Å². The number of benzene rings is 1. The van der Waals surface area contributed by atoms with E-state index in [1.165, 1.54) is 48.6 Å². The molecular formula is C18H22N4O8. The molecule has 0 radical (unpaired) electrons. The first-order valence-corrected chi connectivity index (χ1v) is 9.10. The Morgan fingerprint density at radius 2 is 1.83 bits per heavy atom. The highest BCUT2D eigenvalue weighted by molar-refractivity contribution is 6.00. The first-order chi connectivity index (χ1) is 14.1. The number of nitro groups is 1. The number of nitro benzene ring substituents is 1. The third-order valence-electron chi connectivity index (χ3n) is 4.78. The molecule has 4 amide bonds. The minimum absolute atomic E-state index is 0.0321. The Labute approximate surface area is 171 Å². The van der Waals surface area contributed by atoms with Gasteiger partial charge in [0, 0.05) is 43.5 Å². The first kappa shape index (κ1) is 22.9. The fourth-order valence-electron chi connectivity index (χ4n) is 2.92. The summed E-state index contributed by atoms with van der Waals surface area (Å²) in [6.07, 6.45) is 0.118. The van der Waals surface area contributed by atoms with E-state index in [9.17, 15) is 29.3 Å². The van der Waals surface area contributed by atoms with Gasteiger partial charge in [-0.05, 0) is 18.6 Å². The summed E-state index contributed by atoms with van der Waals surface area (Å²) in [6.45, 7) is 1.27. The van der Waals surface area contributed by atoms with E-state index in [-0.39, 0.29) is 37.1 Å². The van der Waals surface area contributed by atoms with Crippen molar-refractivity contribution in [1.82, 2.24) is 15.4 Å². The van der Waals surface area contributed by atoms with Crippen molar-refractivity contribution in [2.75, 3.05) is 13.7 Å². The number of hydroxylamine groups is 3. The first-order valence-electron chi connectivity index (χ1n) is 9.10. The number of amides is 4. The van der Waals surface area contributed by atoms with Gasteiger partial charge in [0.05, 0.1) is 17.6 Å². The summed E-state index contributed by atoms with van der Waals surface area (Å²) in [5.74, 6) is -2.90. The fraction of sp³-hybridized carbons (Fsp3) is 0.444. The summed E-state index contributed by atoms with van der Waals surface area (Å²) < 4.78 is 0. The van der Waals surface area contributed by atoms with Gasteiger partial charge in [-0.1, -0.05) is 6.92 Å². The molecule has 12 nitrogen and oxygen atoms in total. The zero-order chi connectivity index (χ0) is 22.4. The lowest BCUT2D eigenvalue weighted by atomic mass is 10.00. The lowest BCUT2D eigenvalue weighted by Crippen LogP contribution is -2.45. The van der Waals surface area contributed by atoms with E-state index in [2.05, 4.69) is 0 Å². The van der Waals surface area contributed by atoms with Crippen molar-refractivity contribution in [3.63, 3.8) is 0 Å². The third kappa shape index (κ3) is 5.36. The summed E-state index contributed by atoms with van der Waals surface area (Å²) >= 11 is 0. The standard InChI is InChI=1S/C18H22N4O8/c1-11(17(25)19-27)9-14(10-30-21-15(23)7-8-16(21)24)20(2)18(26)12-3-5-13(6-4-12)22(28)29/h3-6,11,14,27H,7-10H2,1-2H3,(H,19,25). The van der Waals surface area contributed by atoms with Gasteiger partial charge in [-0.25, -0.2) is 5.48 Å². The smallest absolute Gasteiger partial charge is 0.269 e. The largest absolute Gasteiger partial charge is 0.336 e. The molecule has 0 saturated carbocycles. The van der Waals surface area contributed by atoms with Gasteiger partial charge in [0.25, 0.3) is 23.4 Å². The fourth-order valence-corrected chi connectivity index (χ4v) is 2.92. The summed E-state index contributed by atoms with van der Waals surface area (Å²) in [5, 5.41) is 20.2. The molecule has 0 aromatic heterocycles. The number of nitrogens with zero attached hydrogens (tertiary/aromatic N) is 3. The van der Waals surface area contributed by atoms with Crippen LogP contribution >= 0.6 is 0 Å². The van der Waals surface area contributed by atoms with Crippen LogP contribution in [0, 0.1) is 16.0 Å². The highest BCUT2D eigenvalue weighted by atomic mass is 16.7. The number of likely N-dealkylation sites (N-methyl/N-ethyl adjacent to an activating group) is 1. The Hall–Kier alpha value is -3.38. The summed E-state index contributed by atoms with van der Waals surface area (Å²) in [5.41, 5.74) is 1.53. The van der Waals surface area contributed by atoms with E-state index < -0.39 is 40.5 Å². The van der Waals surface area contributed by atoms with Gasteiger partial charge in [0.1, 0.15) is 0 Å². The van der Waals surface area contributed by atoms with Crippen LogP contribution < -0.4 is 5.48 Å². The highest BCUT2D eigenvalue weighted by Crippen LogP contribution is 2.19. The molecule has 2 N–H and O–H groups in total. The molecule has 1 aromatic rings. The van der Waals surface area contributed by atoms with Crippen LogP contribution in [0.5, 0.6) is 0 Å². The van der Waals surface area contributed by atoms with Crippen LogP contribution in [0.1, 0.15) is 36.5 Å². The quantitative estimate of drug-likeness (QED) is 0.254. The van der Waals surface area contributed by atoms with E-state index in [0.29, 0.717) is 5.06 Å². The lowest BCUT2D eigenvalue weighted by Gasteiger charge is -2.30. The second kappa shape index (κ2) is 9.89. The Bertz CT molecular complexity index is 825. The molecule has 1 saturated heterocycles. The normalized spacial score (nSPS) is 15.6. The SMILES string of the molecule is CC(CC(CON1C(=O)CCC1=O)N(C)C(=O)c1ccc([N+](=O)[O-])cc1)C(=O)NO. The average molecular weight is 422 g/mol. The van der Waals surface area contributed by atoms with Gasteiger partial charge >= 0.3 is 0 Å². The molecule has 1 fully saturated rings.